The van der Waals surface area contributed by atoms with E-state index in [1.54, 1.807) is 11.8 Å². The largest absolute Gasteiger partial charge is 0.417 e. The molecule has 0 N–H and O–H groups in total. The highest BCUT2D eigenvalue weighted by atomic mass is 32.2. The summed E-state index contributed by atoms with van der Waals surface area (Å²) in [5, 5.41) is 4.87. The first-order chi connectivity index (χ1) is 15.1. The Kier molecular flexibility index (Phi) is 7.80. The first-order valence-corrected chi connectivity index (χ1v) is 15.2. The van der Waals surface area contributed by atoms with Gasteiger partial charge in [-0.25, -0.2) is 4.68 Å². The van der Waals surface area contributed by atoms with Crippen molar-refractivity contribution in [2.75, 3.05) is 12.9 Å². The van der Waals surface area contributed by atoms with E-state index >= 15 is 0 Å². The minimum atomic E-state index is -1.79. The molecular weight excluding hydrogens is 432 g/mol. The average Bonchev–Trinajstić information content (AvgIpc) is 3.22. The lowest BCUT2D eigenvalue weighted by molar-refractivity contribution is 0.0967. The zero-order chi connectivity index (χ0) is 23.4. The molecule has 0 aliphatic carbocycles. The zero-order valence-electron chi connectivity index (χ0n) is 20.0. The molecule has 32 heavy (non-hydrogen) atoms. The van der Waals surface area contributed by atoms with Crippen LogP contribution in [0.3, 0.4) is 0 Å². The number of Topliss-reactive ketones (excluding diaryl/α,β-unsaturated/α-hetero) is 1. The molecule has 0 saturated heterocycles. The summed E-state index contributed by atoms with van der Waals surface area (Å²) in [5.74, 6) is 0.0560. The van der Waals surface area contributed by atoms with Crippen molar-refractivity contribution in [2.24, 2.45) is 0 Å². The van der Waals surface area contributed by atoms with E-state index in [4.69, 9.17) is 9.52 Å². The van der Waals surface area contributed by atoms with E-state index in [0.29, 0.717) is 25.1 Å². The summed E-state index contributed by atoms with van der Waals surface area (Å²) in [7, 11) is -1.79. The van der Waals surface area contributed by atoms with Gasteiger partial charge in [-0.3, -0.25) is 4.79 Å². The molecule has 170 valence electrons. The quantitative estimate of drug-likeness (QED) is 0.144. The second-order valence-electron chi connectivity index (χ2n) is 9.53. The highest BCUT2D eigenvalue weighted by molar-refractivity contribution is 7.98. The molecule has 0 unspecified atom stereocenters. The minimum absolute atomic E-state index is 0.0560. The maximum Gasteiger partial charge on any atom is 0.191 e. The van der Waals surface area contributed by atoms with Gasteiger partial charge in [-0.15, -0.1) is 11.8 Å². The van der Waals surface area contributed by atoms with Crippen molar-refractivity contribution in [3.8, 4) is 16.9 Å². The fraction of sp³-hybridized carbons (Fsp3) is 0.385. The predicted octanol–water partition coefficient (Wildman–Crippen LogP) is 7.25. The normalized spacial score (nSPS) is 12.2. The third-order valence-corrected chi connectivity index (χ3v) is 11.5. The molecule has 0 spiro atoms. The molecule has 3 rings (SSSR count). The molecule has 4 nitrogen and oxygen atoms in total. The second-order valence-corrected chi connectivity index (χ2v) is 15.2. The number of para-hydroxylation sites is 1. The van der Waals surface area contributed by atoms with Crippen LogP contribution in [0.2, 0.25) is 18.1 Å². The molecule has 1 aromatic heterocycles. The third-order valence-electron chi connectivity index (χ3n) is 6.20. The summed E-state index contributed by atoms with van der Waals surface area (Å²) in [6.45, 7) is 11.8. The molecule has 0 aliphatic heterocycles. The van der Waals surface area contributed by atoms with Gasteiger partial charge < -0.3 is 4.43 Å². The Hall–Kier alpha value is -2.15. The monoisotopic (exact) mass is 466 g/mol. The molecule has 0 radical (unpaired) electrons. The van der Waals surface area contributed by atoms with Crippen LogP contribution in [-0.4, -0.2) is 36.7 Å². The SMILES string of the molecule is CSc1ccc(-c2cc(C(=O)CCCO[Si](C)(C)C(C)(C)C)nn2-c2ccccc2)cc1. The van der Waals surface area contributed by atoms with E-state index in [1.165, 1.54) is 4.90 Å². The maximum atomic E-state index is 13.0. The average molecular weight is 467 g/mol. The van der Waals surface area contributed by atoms with Crippen molar-refractivity contribution in [3.63, 3.8) is 0 Å². The second kappa shape index (κ2) is 10.2. The number of nitrogens with zero attached hydrogens (tertiary/aromatic N) is 2. The molecule has 0 bridgehead atoms. The summed E-state index contributed by atoms with van der Waals surface area (Å²) in [5.41, 5.74) is 3.41. The van der Waals surface area contributed by atoms with Crippen molar-refractivity contribution in [1.82, 2.24) is 9.78 Å². The lowest BCUT2D eigenvalue weighted by Crippen LogP contribution is -2.41. The van der Waals surface area contributed by atoms with Crippen LogP contribution in [0.25, 0.3) is 16.9 Å². The number of carbonyl (C=O) groups is 1. The van der Waals surface area contributed by atoms with E-state index in [9.17, 15) is 4.79 Å². The van der Waals surface area contributed by atoms with Crippen molar-refractivity contribution >= 4 is 25.9 Å². The van der Waals surface area contributed by atoms with Crippen LogP contribution in [-0.2, 0) is 4.43 Å². The number of hydrogen-bond donors (Lipinski definition) is 0. The van der Waals surface area contributed by atoms with Crippen LogP contribution >= 0.6 is 11.8 Å². The molecule has 6 heteroatoms. The third kappa shape index (κ3) is 5.80. The molecule has 0 saturated carbocycles. The van der Waals surface area contributed by atoms with Gasteiger partial charge in [0.05, 0.1) is 11.4 Å². The smallest absolute Gasteiger partial charge is 0.191 e. The number of benzene rings is 2. The molecule has 0 aliphatic rings. The summed E-state index contributed by atoms with van der Waals surface area (Å²) in [4.78, 5) is 14.2. The van der Waals surface area contributed by atoms with Crippen LogP contribution < -0.4 is 0 Å². The highest BCUT2D eigenvalue weighted by Gasteiger charge is 2.36. The highest BCUT2D eigenvalue weighted by Crippen LogP contribution is 2.36. The molecule has 0 atom stereocenters. The fourth-order valence-corrected chi connectivity index (χ4v) is 4.65. The van der Waals surface area contributed by atoms with E-state index in [0.717, 1.165) is 16.9 Å². The van der Waals surface area contributed by atoms with Gasteiger partial charge >= 0.3 is 0 Å². The minimum Gasteiger partial charge on any atom is -0.417 e. The van der Waals surface area contributed by atoms with Crippen LogP contribution in [0, 0.1) is 0 Å². The number of thioether (sulfide) groups is 1. The summed E-state index contributed by atoms with van der Waals surface area (Å²) in [6.07, 6.45) is 3.21. The standard InChI is InChI=1S/C26H34N2O2SSi/c1-26(2,3)32(5,6)30-18-10-13-25(29)23-19-24(20-14-16-22(31-4)17-15-20)28(27-23)21-11-8-7-9-12-21/h7-9,11-12,14-17,19H,10,13,18H2,1-6H3. The van der Waals surface area contributed by atoms with Crippen LogP contribution in [0.5, 0.6) is 0 Å². The van der Waals surface area contributed by atoms with Crippen molar-refractivity contribution in [2.45, 2.75) is 56.6 Å². The Morgan fingerprint density at radius 3 is 2.31 bits per heavy atom. The molecule has 0 fully saturated rings. The van der Waals surface area contributed by atoms with Crippen molar-refractivity contribution in [3.05, 3.63) is 66.4 Å². The summed E-state index contributed by atoms with van der Waals surface area (Å²) >= 11 is 1.71. The van der Waals surface area contributed by atoms with Gasteiger partial charge in [0.2, 0.25) is 0 Å². The number of hydrogen-bond acceptors (Lipinski definition) is 4. The number of ketones is 1. The molecule has 3 aromatic rings. The summed E-state index contributed by atoms with van der Waals surface area (Å²) < 4.78 is 8.10. The van der Waals surface area contributed by atoms with E-state index < -0.39 is 8.32 Å². The van der Waals surface area contributed by atoms with Gasteiger partial charge in [-0.05, 0) is 61.1 Å². The van der Waals surface area contributed by atoms with Crippen LogP contribution in [0.4, 0.5) is 0 Å². The Labute approximate surface area is 197 Å². The van der Waals surface area contributed by atoms with Crippen LogP contribution in [0.15, 0.2) is 65.6 Å². The zero-order valence-corrected chi connectivity index (χ0v) is 21.8. The topological polar surface area (TPSA) is 44.1 Å². The number of aromatic nitrogens is 2. The Morgan fingerprint density at radius 1 is 1.06 bits per heavy atom. The summed E-state index contributed by atoms with van der Waals surface area (Å²) in [6, 6.07) is 20.3. The molecule has 1 heterocycles. The molecular formula is C26H34N2O2SSi. The predicted molar refractivity (Wildman–Crippen MR) is 137 cm³/mol. The molecule has 2 aromatic carbocycles. The number of rotatable bonds is 9. The van der Waals surface area contributed by atoms with Gasteiger partial charge in [0.15, 0.2) is 14.1 Å². The Bertz CT molecular complexity index is 1040. The lowest BCUT2D eigenvalue weighted by Gasteiger charge is -2.36. The lowest BCUT2D eigenvalue weighted by atomic mass is 10.1. The van der Waals surface area contributed by atoms with Gasteiger partial charge in [0, 0.05) is 23.5 Å². The van der Waals surface area contributed by atoms with E-state index in [2.05, 4.69) is 64.4 Å². The Balaban J connectivity index is 1.78. The Morgan fingerprint density at radius 2 is 1.72 bits per heavy atom. The van der Waals surface area contributed by atoms with E-state index in [1.807, 2.05) is 41.1 Å². The van der Waals surface area contributed by atoms with Gasteiger partial charge in [-0.2, -0.15) is 5.10 Å². The first kappa shape index (κ1) is 24.5. The van der Waals surface area contributed by atoms with E-state index in [-0.39, 0.29) is 10.8 Å². The van der Waals surface area contributed by atoms with Gasteiger partial charge in [-0.1, -0.05) is 51.1 Å². The van der Waals surface area contributed by atoms with Crippen molar-refractivity contribution in [1.29, 1.82) is 0 Å². The first-order valence-electron chi connectivity index (χ1n) is 11.1. The van der Waals surface area contributed by atoms with Crippen molar-refractivity contribution < 1.29 is 9.22 Å². The van der Waals surface area contributed by atoms with Gasteiger partial charge in [0.1, 0.15) is 5.69 Å². The molecule has 0 amide bonds. The van der Waals surface area contributed by atoms with Crippen LogP contribution in [0.1, 0.15) is 44.1 Å². The maximum absolute atomic E-state index is 13.0. The fourth-order valence-electron chi connectivity index (χ4n) is 3.16. The number of carbonyl (C=O) groups excluding carboxylic acids is 1. The van der Waals surface area contributed by atoms with Gasteiger partial charge in [0.25, 0.3) is 0 Å².